The van der Waals surface area contributed by atoms with Gasteiger partial charge in [0, 0.05) is 25.4 Å². The molecule has 5 nitrogen and oxygen atoms in total. The van der Waals surface area contributed by atoms with Crippen molar-refractivity contribution in [2.45, 2.75) is 50.2 Å². The number of hydrogen-bond acceptors (Lipinski definition) is 4. The molecular formula is C16H22N2O3. The van der Waals surface area contributed by atoms with E-state index in [1.807, 2.05) is 17.0 Å². The fourth-order valence-electron chi connectivity index (χ4n) is 3.26. The number of amides is 1. The number of rotatable bonds is 4. The summed E-state index contributed by atoms with van der Waals surface area (Å²) < 4.78 is 5.85. The highest BCUT2D eigenvalue weighted by Gasteiger charge is 2.36. The molecule has 1 N–H and O–H groups in total. The van der Waals surface area contributed by atoms with Crippen molar-refractivity contribution in [3.8, 4) is 5.75 Å². The molecule has 0 bridgehead atoms. The third-order valence-electron chi connectivity index (χ3n) is 4.46. The van der Waals surface area contributed by atoms with Gasteiger partial charge in [-0.05, 0) is 25.0 Å². The molecule has 1 amide bonds. The molecule has 0 aromatic carbocycles. The molecule has 1 aromatic rings. The van der Waals surface area contributed by atoms with Crippen molar-refractivity contribution in [1.82, 2.24) is 9.88 Å². The lowest BCUT2D eigenvalue weighted by Gasteiger charge is -2.25. The van der Waals surface area contributed by atoms with Gasteiger partial charge in [-0.1, -0.05) is 12.8 Å². The van der Waals surface area contributed by atoms with Crippen LogP contribution in [0.3, 0.4) is 0 Å². The van der Waals surface area contributed by atoms with Crippen LogP contribution in [0.1, 0.15) is 38.5 Å². The molecule has 0 radical (unpaired) electrons. The van der Waals surface area contributed by atoms with Gasteiger partial charge in [-0.2, -0.15) is 0 Å². The average Bonchev–Trinajstić information content (AvgIpc) is 3.09. The summed E-state index contributed by atoms with van der Waals surface area (Å²) in [6, 6.07) is 3.65. The molecular weight excluding hydrogens is 268 g/mol. The largest absolute Gasteiger partial charge is 0.488 e. The van der Waals surface area contributed by atoms with E-state index in [4.69, 9.17) is 4.74 Å². The van der Waals surface area contributed by atoms with Crippen LogP contribution >= 0.6 is 0 Å². The normalized spacial score (nSPS) is 24.2. The predicted octanol–water partition coefficient (Wildman–Crippen LogP) is 1.76. The maximum atomic E-state index is 12.3. The number of carbonyl (C=O) groups excluding carboxylic acids is 1. The zero-order chi connectivity index (χ0) is 14.7. The van der Waals surface area contributed by atoms with Gasteiger partial charge in [0.2, 0.25) is 5.91 Å². The third-order valence-corrected chi connectivity index (χ3v) is 4.46. The predicted molar refractivity (Wildman–Crippen MR) is 77.9 cm³/mol. The lowest BCUT2D eigenvalue weighted by Crippen LogP contribution is -2.37. The minimum absolute atomic E-state index is 0.0366. The SMILES string of the molecule is O=C(CC1(O)CCCC1)N1CCC(Oc2ccncc2)C1. The Morgan fingerprint density at radius 3 is 2.81 bits per heavy atom. The van der Waals surface area contributed by atoms with E-state index in [-0.39, 0.29) is 18.4 Å². The molecule has 3 rings (SSSR count). The molecule has 1 saturated carbocycles. The Bertz CT molecular complexity index is 486. The quantitative estimate of drug-likeness (QED) is 0.917. The van der Waals surface area contributed by atoms with Gasteiger partial charge in [0.05, 0.1) is 18.6 Å². The summed E-state index contributed by atoms with van der Waals surface area (Å²) >= 11 is 0. The highest BCUT2D eigenvalue weighted by molar-refractivity contribution is 5.77. The first kappa shape index (κ1) is 14.3. The maximum Gasteiger partial charge on any atom is 0.225 e. The smallest absolute Gasteiger partial charge is 0.225 e. The number of likely N-dealkylation sites (tertiary alicyclic amines) is 1. The molecule has 2 aliphatic rings. The average molecular weight is 290 g/mol. The fourth-order valence-corrected chi connectivity index (χ4v) is 3.26. The van der Waals surface area contributed by atoms with Crippen LogP contribution in [0.2, 0.25) is 0 Å². The Balaban J connectivity index is 1.51. The molecule has 1 unspecified atom stereocenters. The zero-order valence-corrected chi connectivity index (χ0v) is 12.2. The van der Waals surface area contributed by atoms with Crippen molar-refractivity contribution in [3.05, 3.63) is 24.5 Å². The van der Waals surface area contributed by atoms with Gasteiger partial charge in [0.15, 0.2) is 0 Å². The number of aromatic nitrogens is 1. The molecule has 2 fully saturated rings. The molecule has 2 heterocycles. The number of carbonyl (C=O) groups is 1. The number of ether oxygens (including phenoxy) is 1. The van der Waals surface area contributed by atoms with E-state index in [0.29, 0.717) is 13.1 Å². The molecule has 1 atom stereocenters. The minimum atomic E-state index is -0.763. The van der Waals surface area contributed by atoms with Crippen LogP contribution in [-0.2, 0) is 4.79 Å². The standard InChI is InChI=1S/C16H22N2O3/c19-15(11-16(20)6-1-2-7-16)18-10-5-14(12-18)21-13-3-8-17-9-4-13/h3-4,8-9,14,20H,1-2,5-7,10-12H2. The summed E-state index contributed by atoms with van der Waals surface area (Å²) in [5.41, 5.74) is -0.763. The molecule has 1 saturated heterocycles. The van der Waals surface area contributed by atoms with Crippen molar-refractivity contribution in [2.75, 3.05) is 13.1 Å². The van der Waals surface area contributed by atoms with E-state index in [0.717, 1.165) is 37.9 Å². The van der Waals surface area contributed by atoms with E-state index in [9.17, 15) is 9.90 Å². The van der Waals surface area contributed by atoms with Crippen molar-refractivity contribution >= 4 is 5.91 Å². The Morgan fingerprint density at radius 1 is 1.38 bits per heavy atom. The number of pyridine rings is 1. The Hall–Kier alpha value is -1.62. The van der Waals surface area contributed by atoms with Gasteiger partial charge in [0.25, 0.3) is 0 Å². The number of nitrogens with zero attached hydrogens (tertiary/aromatic N) is 2. The zero-order valence-electron chi connectivity index (χ0n) is 12.2. The Morgan fingerprint density at radius 2 is 2.10 bits per heavy atom. The molecule has 21 heavy (non-hydrogen) atoms. The first-order valence-corrected chi connectivity index (χ1v) is 7.71. The molecule has 0 spiro atoms. The maximum absolute atomic E-state index is 12.3. The van der Waals surface area contributed by atoms with Crippen molar-refractivity contribution in [3.63, 3.8) is 0 Å². The number of hydrogen-bond donors (Lipinski definition) is 1. The number of aliphatic hydroxyl groups is 1. The highest BCUT2D eigenvalue weighted by Crippen LogP contribution is 2.33. The molecule has 1 aliphatic carbocycles. The molecule has 1 aromatic heterocycles. The van der Waals surface area contributed by atoms with Crippen molar-refractivity contribution in [1.29, 1.82) is 0 Å². The van der Waals surface area contributed by atoms with Crippen LogP contribution in [0, 0.1) is 0 Å². The van der Waals surface area contributed by atoms with E-state index in [1.165, 1.54) is 0 Å². The van der Waals surface area contributed by atoms with Crippen LogP contribution in [0.4, 0.5) is 0 Å². The van der Waals surface area contributed by atoms with Crippen LogP contribution in [0.25, 0.3) is 0 Å². The van der Waals surface area contributed by atoms with E-state index in [1.54, 1.807) is 12.4 Å². The molecule has 1 aliphatic heterocycles. The summed E-state index contributed by atoms with van der Waals surface area (Å²) in [5, 5.41) is 10.3. The monoisotopic (exact) mass is 290 g/mol. The second-order valence-electron chi connectivity index (χ2n) is 6.16. The second kappa shape index (κ2) is 6.02. The van der Waals surface area contributed by atoms with Crippen LogP contribution in [0.5, 0.6) is 5.75 Å². The lowest BCUT2D eigenvalue weighted by molar-refractivity contribution is -0.135. The molecule has 114 valence electrons. The van der Waals surface area contributed by atoms with Crippen LogP contribution in [-0.4, -0.2) is 45.7 Å². The van der Waals surface area contributed by atoms with Gasteiger partial charge in [-0.25, -0.2) is 0 Å². The van der Waals surface area contributed by atoms with Gasteiger partial charge in [-0.15, -0.1) is 0 Å². The Kier molecular flexibility index (Phi) is 4.10. The first-order chi connectivity index (χ1) is 10.1. The van der Waals surface area contributed by atoms with E-state index < -0.39 is 5.60 Å². The van der Waals surface area contributed by atoms with Crippen molar-refractivity contribution in [2.24, 2.45) is 0 Å². The summed E-state index contributed by atoms with van der Waals surface area (Å²) in [7, 11) is 0. The highest BCUT2D eigenvalue weighted by atomic mass is 16.5. The summed E-state index contributed by atoms with van der Waals surface area (Å²) in [4.78, 5) is 18.1. The van der Waals surface area contributed by atoms with E-state index >= 15 is 0 Å². The second-order valence-corrected chi connectivity index (χ2v) is 6.16. The van der Waals surface area contributed by atoms with Gasteiger partial charge in [0.1, 0.15) is 11.9 Å². The third kappa shape index (κ3) is 3.53. The molecule has 5 heteroatoms. The van der Waals surface area contributed by atoms with Gasteiger partial charge < -0.3 is 14.7 Å². The Labute approximate surface area is 124 Å². The summed E-state index contributed by atoms with van der Waals surface area (Å²) in [6.07, 6.45) is 8.09. The summed E-state index contributed by atoms with van der Waals surface area (Å²) in [5.74, 6) is 0.846. The van der Waals surface area contributed by atoms with Crippen LogP contribution < -0.4 is 4.74 Å². The summed E-state index contributed by atoms with van der Waals surface area (Å²) in [6.45, 7) is 1.32. The van der Waals surface area contributed by atoms with Crippen LogP contribution in [0.15, 0.2) is 24.5 Å². The van der Waals surface area contributed by atoms with Gasteiger partial charge in [-0.3, -0.25) is 9.78 Å². The fraction of sp³-hybridized carbons (Fsp3) is 0.625. The van der Waals surface area contributed by atoms with Gasteiger partial charge >= 0.3 is 0 Å². The van der Waals surface area contributed by atoms with Crippen molar-refractivity contribution < 1.29 is 14.6 Å². The van der Waals surface area contributed by atoms with E-state index in [2.05, 4.69) is 4.98 Å². The lowest BCUT2D eigenvalue weighted by atomic mass is 9.97. The topological polar surface area (TPSA) is 62.7 Å². The first-order valence-electron chi connectivity index (χ1n) is 7.71. The minimum Gasteiger partial charge on any atom is -0.488 e.